The van der Waals surface area contributed by atoms with Crippen molar-refractivity contribution in [3.63, 3.8) is 0 Å². The minimum atomic E-state index is 0.512. The summed E-state index contributed by atoms with van der Waals surface area (Å²) < 4.78 is 0. The SMILES string of the molecule is CC1=CCC2C(C)=CCC(C)(C)CC2C1. The number of hydrogen-bond donors (Lipinski definition) is 0. The van der Waals surface area contributed by atoms with Crippen molar-refractivity contribution >= 4 is 0 Å². The summed E-state index contributed by atoms with van der Waals surface area (Å²) in [4.78, 5) is 0. The predicted octanol–water partition coefficient (Wildman–Crippen LogP) is 4.73. The molecule has 0 bridgehead atoms. The van der Waals surface area contributed by atoms with Gasteiger partial charge < -0.3 is 0 Å². The Bertz CT molecular complexity index is 304. The van der Waals surface area contributed by atoms with Crippen LogP contribution in [0.2, 0.25) is 0 Å². The molecule has 0 aromatic heterocycles. The molecule has 84 valence electrons. The first-order chi connectivity index (χ1) is 6.98. The van der Waals surface area contributed by atoms with Gasteiger partial charge in [-0.15, -0.1) is 0 Å². The largest absolute Gasteiger partial charge is 0.0850 e. The topological polar surface area (TPSA) is 0 Å². The Morgan fingerprint density at radius 1 is 1.20 bits per heavy atom. The van der Waals surface area contributed by atoms with Crippen LogP contribution in [0.5, 0.6) is 0 Å². The first kappa shape index (κ1) is 11.0. The van der Waals surface area contributed by atoms with E-state index in [1.807, 2.05) is 0 Å². The van der Waals surface area contributed by atoms with E-state index in [0.29, 0.717) is 5.41 Å². The molecule has 0 saturated heterocycles. The summed E-state index contributed by atoms with van der Waals surface area (Å²) in [7, 11) is 0. The average molecular weight is 204 g/mol. The van der Waals surface area contributed by atoms with Gasteiger partial charge in [-0.25, -0.2) is 0 Å². The van der Waals surface area contributed by atoms with Gasteiger partial charge in [-0.3, -0.25) is 0 Å². The van der Waals surface area contributed by atoms with Crippen LogP contribution in [0.15, 0.2) is 23.3 Å². The minimum absolute atomic E-state index is 0.512. The van der Waals surface area contributed by atoms with Gasteiger partial charge in [-0.05, 0) is 56.8 Å². The molecule has 2 aliphatic rings. The molecule has 0 nitrogen and oxygen atoms in total. The van der Waals surface area contributed by atoms with Gasteiger partial charge in [0.15, 0.2) is 0 Å². The van der Waals surface area contributed by atoms with Gasteiger partial charge in [0.2, 0.25) is 0 Å². The molecule has 0 spiro atoms. The summed E-state index contributed by atoms with van der Waals surface area (Å²) in [6.45, 7) is 9.49. The fourth-order valence-electron chi connectivity index (χ4n) is 3.31. The van der Waals surface area contributed by atoms with E-state index in [2.05, 4.69) is 39.8 Å². The molecule has 0 radical (unpaired) electrons. The molecule has 2 atom stereocenters. The molecule has 0 aromatic carbocycles. The van der Waals surface area contributed by atoms with Crippen LogP contribution in [0.1, 0.15) is 53.4 Å². The summed E-state index contributed by atoms with van der Waals surface area (Å²) in [6, 6.07) is 0. The highest BCUT2D eigenvalue weighted by molar-refractivity contribution is 5.17. The lowest BCUT2D eigenvalue weighted by Gasteiger charge is -2.34. The maximum absolute atomic E-state index is 2.50. The molecule has 0 N–H and O–H groups in total. The van der Waals surface area contributed by atoms with Crippen LogP contribution in [0, 0.1) is 17.3 Å². The van der Waals surface area contributed by atoms with Crippen LogP contribution in [-0.4, -0.2) is 0 Å². The van der Waals surface area contributed by atoms with E-state index in [4.69, 9.17) is 0 Å². The van der Waals surface area contributed by atoms with E-state index >= 15 is 0 Å². The zero-order valence-electron chi connectivity index (χ0n) is 10.6. The molecule has 15 heavy (non-hydrogen) atoms. The number of hydrogen-bond acceptors (Lipinski definition) is 0. The Labute approximate surface area is 94.5 Å². The van der Waals surface area contributed by atoms with Crippen LogP contribution in [0.3, 0.4) is 0 Å². The molecule has 0 heterocycles. The first-order valence-electron chi connectivity index (χ1n) is 6.30. The lowest BCUT2D eigenvalue weighted by atomic mass is 9.71. The van der Waals surface area contributed by atoms with Gasteiger partial charge in [-0.2, -0.15) is 0 Å². The van der Waals surface area contributed by atoms with Crippen molar-refractivity contribution in [1.82, 2.24) is 0 Å². The van der Waals surface area contributed by atoms with Crippen LogP contribution in [0.4, 0.5) is 0 Å². The fraction of sp³-hybridized carbons (Fsp3) is 0.733. The standard InChI is InChI=1S/C15H24/c1-11-5-6-14-12(2)7-8-15(3,4)10-13(14)9-11/h5,7,13-14H,6,8-10H2,1-4H3. The normalized spacial score (nSPS) is 34.9. The fourth-order valence-corrected chi connectivity index (χ4v) is 3.31. The highest BCUT2D eigenvalue weighted by Crippen LogP contribution is 2.45. The minimum Gasteiger partial charge on any atom is -0.0850 e. The van der Waals surface area contributed by atoms with Gasteiger partial charge in [0.1, 0.15) is 0 Å². The molecule has 0 saturated carbocycles. The Balaban J connectivity index is 2.25. The summed E-state index contributed by atoms with van der Waals surface area (Å²) in [6.07, 6.45) is 10.2. The maximum Gasteiger partial charge on any atom is -0.0140 e. The third-order valence-corrected chi connectivity index (χ3v) is 4.25. The van der Waals surface area contributed by atoms with Crippen LogP contribution >= 0.6 is 0 Å². The van der Waals surface area contributed by atoms with Gasteiger partial charge in [0, 0.05) is 0 Å². The Kier molecular flexibility index (Phi) is 2.79. The van der Waals surface area contributed by atoms with Crippen LogP contribution in [-0.2, 0) is 0 Å². The molecule has 0 heteroatoms. The third-order valence-electron chi connectivity index (χ3n) is 4.25. The summed E-state index contributed by atoms with van der Waals surface area (Å²) in [5.74, 6) is 1.75. The zero-order valence-corrected chi connectivity index (χ0v) is 10.6. The molecule has 0 amide bonds. The van der Waals surface area contributed by atoms with Crippen molar-refractivity contribution in [2.45, 2.75) is 53.4 Å². The van der Waals surface area contributed by atoms with Crippen molar-refractivity contribution in [3.05, 3.63) is 23.3 Å². The van der Waals surface area contributed by atoms with Gasteiger partial charge >= 0.3 is 0 Å². The van der Waals surface area contributed by atoms with Gasteiger partial charge in [0.25, 0.3) is 0 Å². The quantitative estimate of drug-likeness (QED) is 0.501. The summed E-state index contributed by atoms with van der Waals surface area (Å²) in [5.41, 5.74) is 3.77. The van der Waals surface area contributed by atoms with Gasteiger partial charge in [-0.1, -0.05) is 37.1 Å². The number of allylic oxidation sites excluding steroid dienone is 4. The van der Waals surface area contributed by atoms with Crippen molar-refractivity contribution in [2.24, 2.45) is 17.3 Å². The number of rotatable bonds is 0. The van der Waals surface area contributed by atoms with E-state index in [1.165, 1.54) is 25.7 Å². The second-order valence-electron chi connectivity index (χ2n) is 6.38. The second-order valence-corrected chi connectivity index (χ2v) is 6.38. The van der Waals surface area contributed by atoms with E-state index in [-0.39, 0.29) is 0 Å². The Morgan fingerprint density at radius 3 is 2.67 bits per heavy atom. The van der Waals surface area contributed by atoms with Crippen LogP contribution < -0.4 is 0 Å². The molecule has 2 aliphatic carbocycles. The second kappa shape index (κ2) is 3.81. The smallest absolute Gasteiger partial charge is 0.0140 e. The molecule has 2 rings (SSSR count). The Morgan fingerprint density at radius 2 is 1.93 bits per heavy atom. The highest BCUT2D eigenvalue weighted by atomic mass is 14.4. The van der Waals surface area contributed by atoms with Crippen molar-refractivity contribution in [1.29, 1.82) is 0 Å². The van der Waals surface area contributed by atoms with E-state index in [1.54, 1.807) is 11.1 Å². The monoisotopic (exact) mass is 204 g/mol. The van der Waals surface area contributed by atoms with Crippen molar-refractivity contribution < 1.29 is 0 Å². The molecule has 0 aromatic rings. The lowest BCUT2D eigenvalue weighted by Crippen LogP contribution is -2.23. The molecule has 0 aliphatic heterocycles. The van der Waals surface area contributed by atoms with E-state index < -0.39 is 0 Å². The van der Waals surface area contributed by atoms with E-state index in [0.717, 1.165) is 11.8 Å². The first-order valence-corrected chi connectivity index (χ1v) is 6.30. The van der Waals surface area contributed by atoms with Crippen molar-refractivity contribution in [2.75, 3.05) is 0 Å². The summed E-state index contributed by atoms with van der Waals surface area (Å²) >= 11 is 0. The molecule has 2 unspecified atom stereocenters. The maximum atomic E-state index is 2.50. The molecular weight excluding hydrogens is 180 g/mol. The predicted molar refractivity (Wildman–Crippen MR) is 66.7 cm³/mol. The lowest BCUT2D eigenvalue weighted by molar-refractivity contribution is 0.230. The molecule has 0 fully saturated rings. The van der Waals surface area contributed by atoms with Crippen molar-refractivity contribution in [3.8, 4) is 0 Å². The average Bonchev–Trinajstić information content (AvgIpc) is 2.23. The van der Waals surface area contributed by atoms with Gasteiger partial charge in [0.05, 0.1) is 0 Å². The highest BCUT2D eigenvalue weighted by Gasteiger charge is 2.33. The summed E-state index contributed by atoms with van der Waals surface area (Å²) in [5, 5.41) is 0. The molecular formula is C15H24. The van der Waals surface area contributed by atoms with Crippen LogP contribution in [0.25, 0.3) is 0 Å². The zero-order chi connectivity index (χ0) is 11.1. The number of fused-ring (bicyclic) bond motifs is 1. The Hall–Kier alpha value is -0.520. The third kappa shape index (κ3) is 2.35. The van der Waals surface area contributed by atoms with E-state index in [9.17, 15) is 0 Å².